The molecule has 2 saturated carbocycles. The number of fused-ring (bicyclic) bond motifs is 5. The SMILES string of the molecule is CCC[CH2][Sn]([CH2]CCC)([CH2]CCC)[CH]1CC2CC1C1CC/C=C\CCC21. The Morgan fingerprint density at radius 2 is 1.23 bits per heavy atom. The molecule has 5 atom stereocenters. The first-order chi connectivity index (χ1) is 12.8. The van der Waals surface area contributed by atoms with Crippen LogP contribution in [-0.2, 0) is 0 Å². The summed E-state index contributed by atoms with van der Waals surface area (Å²) in [5.41, 5.74) is 0. The van der Waals surface area contributed by atoms with Gasteiger partial charge in [-0.05, 0) is 0 Å². The van der Waals surface area contributed by atoms with Gasteiger partial charge in [-0.25, -0.2) is 0 Å². The van der Waals surface area contributed by atoms with Gasteiger partial charge in [0, 0.05) is 0 Å². The fraction of sp³-hybridized carbons (Fsp3) is 0.920. The fourth-order valence-corrected chi connectivity index (χ4v) is 27.9. The van der Waals surface area contributed by atoms with Crippen molar-refractivity contribution < 1.29 is 0 Å². The van der Waals surface area contributed by atoms with Crippen LogP contribution in [0.3, 0.4) is 0 Å². The van der Waals surface area contributed by atoms with E-state index in [1.165, 1.54) is 54.8 Å². The van der Waals surface area contributed by atoms with Gasteiger partial charge in [-0.1, -0.05) is 0 Å². The summed E-state index contributed by atoms with van der Waals surface area (Å²) in [5, 5.41) is 0. The van der Waals surface area contributed by atoms with Gasteiger partial charge in [0.15, 0.2) is 0 Å². The zero-order valence-corrected chi connectivity index (χ0v) is 21.0. The van der Waals surface area contributed by atoms with E-state index in [0.717, 1.165) is 17.8 Å². The molecule has 0 amide bonds. The Bertz CT molecular complexity index is 418. The van der Waals surface area contributed by atoms with Crippen molar-refractivity contribution in [2.24, 2.45) is 23.7 Å². The normalized spacial score (nSPS) is 35.1. The summed E-state index contributed by atoms with van der Waals surface area (Å²) in [4.78, 5) is 0. The molecule has 5 unspecified atom stereocenters. The average molecular weight is 465 g/mol. The van der Waals surface area contributed by atoms with E-state index in [1.807, 2.05) is 0 Å². The molecule has 0 N–H and O–H groups in total. The second kappa shape index (κ2) is 10.4. The van der Waals surface area contributed by atoms with Crippen molar-refractivity contribution in [2.45, 2.75) is 115 Å². The molecule has 0 radical (unpaired) electrons. The predicted octanol–water partition coefficient (Wildman–Crippen LogP) is 8.61. The Morgan fingerprint density at radius 1 is 0.692 bits per heavy atom. The summed E-state index contributed by atoms with van der Waals surface area (Å²) in [7, 11) is 0. The third kappa shape index (κ3) is 4.57. The number of hydrogen-bond acceptors (Lipinski definition) is 0. The Labute approximate surface area is 168 Å². The molecule has 3 aliphatic rings. The van der Waals surface area contributed by atoms with E-state index in [1.54, 1.807) is 45.4 Å². The summed E-state index contributed by atoms with van der Waals surface area (Å²) >= 11 is -2.02. The van der Waals surface area contributed by atoms with Crippen molar-refractivity contribution in [3.63, 3.8) is 0 Å². The molecule has 0 saturated heterocycles. The minimum absolute atomic E-state index is 1.12. The molecule has 3 aliphatic carbocycles. The van der Waals surface area contributed by atoms with E-state index < -0.39 is 18.4 Å². The molecule has 0 heterocycles. The summed E-state index contributed by atoms with van der Waals surface area (Å²) < 4.78 is 6.52. The van der Waals surface area contributed by atoms with Crippen LogP contribution in [0.5, 0.6) is 0 Å². The quantitative estimate of drug-likeness (QED) is 0.224. The summed E-state index contributed by atoms with van der Waals surface area (Å²) in [6.07, 6.45) is 23.2. The predicted molar refractivity (Wildman–Crippen MR) is 119 cm³/mol. The summed E-state index contributed by atoms with van der Waals surface area (Å²) in [6.45, 7) is 7.32. The summed E-state index contributed by atoms with van der Waals surface area (Å²) in [5.74, 6) is 4.57. The molecular formula is C25H46Sn. The molecule has 0 aliphatic heterocycles. The van der Waals surface area contributed by atoms with E-state index in [9.17, 15) is 0 Å². The van der Waals surface area contributed by atoms with Gasteiger partial charge in [0.25, 0.3) is 0 Å². The third-order valence-electron chi connectivity index (χ3n) is 8.73. The van der Waals surface area contributed by atoms with Crippen LogP contribution in [0.2, 0.25) is 17.2 Å². The van der Waals surface area contributed by atoms with Crippen LogP contribution in [0.1, 0.15) is 97.8 Å². The Hall–Kier alpha value is 0.539. The van der Waals surface area contributed by atoms with Crippen molar-refractivity contribution in [2.75, 3.05) is 0 Å². The van der Waals surface area contributed by atoms with Gasteiger partial charge in [0.1, 0.15) is 0 Å². The van der Waals surface area contributed by atoms with Crippen molar-refractivity contribution >= 4 is 18.4 Å². The first kappa shape index (κ1) is 21.3. The molecule has 0 aromatic heterocycles. The number of hydrogen-bond donors (Lipinski definition) is 0. The van der Waals surface area contributed by atoms with Gasteiger partial charge < -0.3 is 0 Å². The molecule has 0 aromatic carbocycles. The van der Waals surface area contributed by atoms with Gasteiger partial charge in [0.05, 0.1) is 0 Å². The van der Waals surface area contributed by atoms with Crippen LogP contribution in [0, 0.1) is 23.7 Å². The fourth-order valence-electron chi connectivity index (χ4n) is 7.51. The van der Waals surface area contributed by atoms with Gasteiger partial charge in [-0.2, -0.15) is 0 Å². The number of allylic oxidation sites excluding steroid dienone is 2. The van der Waals surface area contributed by atoms with Gasteiger partial charge in [-0.15, -0.1) is 0 Å². The molecule has 2 bridgehead atoms. The first-order valence-corrected chi connectivity index (χ1v) is 20.1. The standard InChI is InChI=1S/C13H19.3C4H9.Sn/c1-2-4-6-13-11-8-7-10(9-11)12(13)5-3-1;3*1-3-4-2;/h1-2,7,10-13H,3-6,8-9H2;3*1,3-4H2,2H3;/b2-1-;;;;. The zero-order valence-electron chi connectivity index (χ0n) is 18.1. The van der Waals surface area contributed by atoms with E-state index in [-0.39, 0.29) is 0 Å². The molecule has 26 heavy (non-hydrogen) atoms. The van der Waals surface area contributed by atoms with Crippen LogP contribution < -0.4 is 0 Å². The maximum atomic E-state index is 2.51. The Morgan fingerprint density at radius 3 is 1.77 bits per heavy atom. The number of unbranched alkanes of at least 4 members (excludes halogenated alkanes) is 3. The van der Waals surface area contributed by atoms with Gasteiger partial charge in [0.2, 0.25) is 0 Å². The second-order valence-electron chi connectivity index (χ2n) is 10.1. The van der Waals surface area contributed by atoms with Gasteiger partial charge in [-0.3, -0.25) is 0 Å². The Kier molecular flexibility index (Phi) is 8.46. The van der Waals surface area contributed by atoms with Crippen LogP contribution in [0.15, 0.2) is 12.2 Å². The molecule has 0 spiro atoms. The molecule has 3 rings (SSSR count). The van der Waals surface area contributed by atoms with Gasteiger partial charge >= 0.3 is 169 Å². The van der Waals surface area contributed by atoms with Crippen molar-refractivity contribution in [3.8, 4) is 0 Å². The molecule has 0 nitrogen and oxygen atoms in total. The molecular weight excluding hydrogens is 419 g/mol. The Balaban J connectivity index is 1.80. The van der Waals surface area contributed by atoms with Crippen molar-refractivity contribution in [3.05, 3.63) is 12.2 Å². The topological polar surface area (TPSA) is 0 Å². The number of rotatable bonds is 10. The van der Waals surface area contributed by atoms with E-state index in [2.05, 4.69) is 32.9 Å². The summed E-state index contributed by atoms with van der Waals surface area (Å²) in [6, 6.07) is 0. The molecule has 0 aromatic rings. The zero-order chi connectivity index (χ0) is 18.4. The molecule has 150 valence electrons. The van der Waals surface area contributed by atoms with E-state index >= 15 is 0 Å². The maximum absolute atomic E-state index is 2.51. The second-order valence-corrected chi connectivity index (χ2v) is 24.3. The minimum atomic E-state index is -2.02. The van der Waals surface area contributed by atoms with Crippen LogP contribution in [0.25, 0.3) is 0 Å². The average Bonchev–Trinajstić information content (AvgIpc) is 3.19. The third-order valence-corrected chi connectivity index (χ3v) is 26.7. The first-order valence-electron chi connectivity index (χ1n) is 12.4. The van der Waals surface area contributed by atoms with Crippen molar-refractivity contribution in [1.29, 1.82) is 0 Å². The van der Waals surface area contributed by atoms with Crippen LogP contribution in [-0.4, -0.2) is 18.4 Å². The van der Waals surface area contributed by atoms with Crippen LogP contribution in [0.4, 0.5) is 0 Å². The monoisotopic (exact) mass is 466 g/mol. The molecule has 1 heteroatoms. The van der Waals surface area contributed by atoms with E-state index in [0.29, 0.717) is 0 Å². The van der Waals surface area contributed by atoms with E-state index in [4.69, 9.17) is 0 Å². The van der Waals surface area contributed by atoms with Crippen LogP contribution >= 0.6 is 0 Å². The van der Waals surface area contributed by atoms with Crippen molar-refractivity contribution in [1.82, 2.24) is 0 Å². The molecule has 2 fully saturated rings.